The van der Waals surface area contributed by atoms with E-state index >= 15 is 0 Å². The molecule has 0 unspecified atom stereocenters. The second-order valence-corrected chi connectivity index (χ2v) is 11.7. The Hall–Kier alpha value is -2.88. The summed E-state index contributed by atoms with van der Waals surface area (Å²) in [5.74, 6) is 0.142. The monoisotopic (exact) mass is 528 g/mol. The van der Waals surface area contributed by atoms with Crippen LogP contribution in [0.4, 0.5) is 4.39 Å². The van der Waals surface area contributed by atoms with Gasteiger partial charge in [0, 0.05) is 30.0 Å². The van der Waals surface area contributed by atoms with Crippen molar-refractivity contribution in [1.82, 2.24) is 18.9 Å². The molecule has 1 saturated carbocycles. The van der Waals surface area contributed by atoms with Crippen LogP contribution in [0.25, 0.3) is 22.4 Å². The van der Waals surface area contributed by atoms with E-state index in [9.17, 15) is 17.9 Å². The number of benzene rings is 1. The van der Waals surface area contributed by atoms with E-state index in [1.165, 1.54) is 12.4 Å². The number of aromatic nitrogens is 4. The molecule has 0 bridgehead atoms. The number of pyridine rings is 1. The topological polar surface area (TPSA) is 98.0 Å². The van der Waals surface area contributed by atoms with Gasteiger partial charge in [-0.2, -0.15) is 0 Å². The van der Waals surface area contributed by atoms with Crippen molar-refractivity contribution in [2.24, 2.45) is 11.8 Å². The van der Waals surface area contributed by atoms with Gasteiger partial charge in [0.05, 0.1) is 21.8 Å². The van der Waals surface area contributed by atoms with Gasteiger partial charge in [0.25, 0.3) is 10.0 Å². The van der Waals surface area contributed by atoms with Gasteiger partial charge in [-0.1, -0.05) is 42.1 Å². The van der Waals surface area contributed by atoms with Gasteiger partial charge in [0.2, 0.25) is 0 Å². The van der Waals surface area contributed by atoms with E-state index in [0.717, 1.165) is 41.4 Å². The second-order valence-electron chi connectivity index (χ2n) is 9.45. The van der Waals surface area contributed by atoms with Crippen LogP contribution in [0, 0.1) is 24.6 Å². The maximum Gasteiger partial charge on any atom is 0.269 e. The summed E-state index contributed by atoms with van der Waals surface area (Å²) in [5, 5.41) is 10.3. The third-order valence-electron chi connectivity index (χ3n) is 6.85. The first-order chi connectivity index (χ1) is 17.3. The molecule has 5 rings (SSSR count). The standard InChI is InChI=1S/C26H26ClFN4O3S/c1-16-5-7-20(8-6-16)36(34,35)32-14-22(21-11-19(27)12-30-26(21)32)25-29-13-23(28)24(31-25)10-17-3-2-4-18(9-17)15-33/h5-8,11-14,17-18,33H,2-4,9-10,15H2,1H3/t17-,18+/m0/s1. The maximum absolute atomic E-state index is 14.7. The quantitative estimate of drug-likeness (QED) is 0.370. The molecule has 0 radical (unpaired) electrons. The van der Waals surface area contributed by atoms with E-state index in [1.54, 1.807) is 30.3 Å². The van der Waals surface area contributed by atoms with Crippen molar-refractivity contribution >= 4 is 32.7 Å². The number of hydrogen-bond donors (Lipinski definition) is 1. The molecule has 1 aliphatic carbocycles. The average molecular weight is 529 g/mol. The normalized spacial score (nSPS) is 18.6. The first kappa shape index (κ1) is 24.8. The second kappa shape index (κ2) is 9.88. The zero-order valence-corrected chi connectivity index (χ0v) is 21.3. The predicted molar refractivity (Wildman–Crippen MR) is 136 cm³/mol. The van der Waals surface area contributed by atoms with Crippen LogP contribution in [0.2, 0.25) is 5.02 Å². The van der Waals surface area contributed by atoms with E-state index < -0.39 is 15.8 Å². The Balaban J connectivity index is 1.59. The molecule has 1 aromatic carbocycles. The molecule has 3 heterocycles. The fraction of sp³-hybridized carbons (Fsp3) is 0.346. The predicted octanol–water partition coefficient (Wildman–Crippen LogP) is 5.17. The number of nitrogens with zero attached hydrogens (tertiary/aromatic N) is 4. The van der Waals surface area contributed by atoms with Crippen molar-refractivity contribution in [3.8, 4) is 11.4 Å². The van der Waals surface area contributed by atoms with Gasteiger partial charge in [0.1, 0.15) is 0 Å². The molecular formula is C26H26ClFN4O3S. The molecule has 36 heavy (non-hydrogen) atoms. The molecule has 0 spiro atoms. The first-order valence-electron chi connectivity index (χ1n) is 11.9. The SMILES string of the molecule is Cc1ccc(S(=O)(=O)n2cc(-c3ncc(F)c(C[C@H]4CCC[C@@H](CO)C4)n3)c3cc(Cl)cnc32)cc1. The third kappa shape index (κ3) is 4.75. The highest BCUT2D eigenvalue weighted by atomic mass is 35.5. The van der Waals surface area contributed by atoms with Crippen molar-refractivity contribution < 1.29 is 17.9 Å². The van der Waals surface area contributed by atoms with Gasteiger partial charge in [-0.05, 0) is 56.2 Å². The molecule has 3 aromatic heterocycles. The minimum Gasteiger partial charge on any atom is -0.396 e. The zero-order chi connectivity index (χ0) is 25.4. The Labute approximate surface area is 214 Å². The van der Waals surface area contributed by atoms with Crippen molar-refractivity contribution in [2.75, 3.05) is 6.61 Å². The number of hydrogen-bond acceptors (Lipinski definition) is 6. The largest absolute Gasteiger partial charge is 0.396 e. The summed E-state index contributed by atoms with van der Waals surface area (Å²) in [4.78, 5) is 13.1. The summed E-state index contributed by atoms with van der Waals surface area (Å²) in [7, 11) is -3.97. The van der Waals surface area contributed by atoms with Crippen molar-refractivity contribution in [3.63, 3.8) is 0 Å². The molecule has 188 valence electrons. The molecule has 0 amide bonds. The Bertz CT molecular complexity index is 1520. The number of halogens is 2. The lowest BCUT2D eigenvalue weighted by atomic mass is 9.79. The van der Waals surface area contributed by atoms with E-state index in [-0.39, 0.29) is 40.5 Å². The van der Waals surface area contributed by atoms with Gasteiger partial charge in [-0.25, -0.2) is 31.7 Å². The Morgan fingerprint density at radius 3 is 2.64 bits per heavy atom. The Morgan fingerprint density at radius 1 is 1.14 bits per heavy atom. The molecule has 7 nitrogen and oxygen atoms in total. The smallest absolute Gasteiger partial charge is 0.269 e. The van der Waals surface area contributed by atoms with E-state index in [2.05, 4.69) is 15.0 Å². The van der Waals surface area contributed by atoms with Crippen molar-refractivity contribution in [3.05, 3.63) is 71.0 Å². The van der Waals surface area contributed by atoms with Crippen molar-refractivity contribution in [2.45, 2.75) is 43.9 Å². The van der Waals surface area contributed by atoms with Crippen LogP contribution in [0.1, 0.15) is 36.9 Å². The van der Waals surface area contributed by atoms with Crippen molar-refractivity contribution in [1.29, 1.82) is 0 Å². The molecule has 1 N–H and O–H groups in total. The molecule has 1 fully saturated rings. The summed E-state index contributed by atoms with van der Waals surface area (Å²) in [6.07, 6.45) is 8.09. The summed E-state index contributed by atoms with van der Waals surface area (Å²) < 4.78 is 42.8. The average Bonchev–Trinajstić information content (AvgIpc) is 3.25. The number of aliphatic hydroxyl groups excluding tert-OH is 1. The van der Waals surface area contributed by atoms with Gasteiger partial charge >= 0.3 is 0 Å². The molecular weight excluding hydrogens is 503 g/mol. The van der Waals surface area contributed by atoms with Crippen LogP contribution < -0.4 is 0 Å². The fourth-order valence-electron chi connectivity index (χ4n) is 4.94. The first-order valence-corrected chi connectivity index (χ1v) is 13.7. The summed E-state index contributed by atoms with van der Waals surface area (Å²) in [6.45, 7) is 2.01. The summed E-state index contributed by atoms with van der Waals surface area (Å²) in [5.41, 5.74) is 1.80. The summed E-state index contributed by atoms with van der Waals surface area (Å²) >= 11 is 6.21. The number of aliphatic hydroxyl groups is 1. The lowest BCUT2D eigenvalue weighted by Gasteiger charge is -2.27. The van der Waals surface area contributed by atoms with Crippen LogP contribution in [0.3, 0.4) is 0 Å². The zero-order valence-electron chi connectivity index (χ0n) is 19.7. The van der Waals surface area contributed by atoms with E-state index in [4.69, 9.17) is 11.6 Å². The molecule has 10 heteroatoms. The van der Waals surface area contributed by atoms with Gasteiger partial charge in [-0.15, -0.1) is 0 Å². The highest BCUT2D eigenvalue weighted by Gasteiger charge is 2.26. The van der Waals surface area contributed by atoms with Gasteiger partial charge in [-0.3, -0.25) is 0 Å². The van der Waals surface area contributed by atoms with Crippen LogP contribution in [0.15, 0.2) is 53.8 Å². The Morgan fingerprint density at radius 2 is 1.89 bits per heavy atom. The summed E-state index contributed by atoms with van der Waals surface area (Å²) in [6, 6.07) is 8.15. The minimum atomic E-state index is -3.97. The van der Waals surface area contributed by atoms with Crippen LogP contribution in [0.5, 0.6) is 0 Å². The van der Waals surface area contributed by atoms with Gasteiger partial charge < -0.3 is 5.11 Å². The fourth-order valence-corrected chi connectivity index (χ4v) is 6.42. The maximum atomic E-state index is 14.7. The minimum absolute atomic E-state index is 0.116. The highest BCUT2D eigenvalue weighted by Crippen LogP contribution is 2.34. The molecule has 4 aromatic rings. The van der Waals surface area contributed by atoms with Crippen LogP contribution in [-0.2, 0) is 16.4 Å². The van der Waals surface area contributed by atoms with Crippen LogP contribution in [-0.4, -0.2) is 39.1 Å². The number of aryl methyl sites for hydroxylation is 1. The molecule has 0 saturated heterocycles. The Kier molecular flexibility index (Phi) is 6.80. The number of fused-ring (bicyclic) bond motifs is 1. The molecule has 2 atom stereocenters. The van der Waals surface area contributed by atoms with Crippen LogP contribution >= 0.6 is 11.6 Å². The van der Waals surface area contributed by atoms with Gasteiger partial charge in [0.15, 0.2) is 17.3 Å². The highest BCUT2D eigenvalue weighted by molar-refractivity contribution is 7.90. The lowest BCUT2D eigenvalue weighted by Crippen LogP contribution is -2.20. The molecule has 1 aliphatic rings. The van der Waals surface area contributed by atoms with E-state index in [0.29, 0.717) is 22.4 Å². The molecule has 0 aliphatic heterocycles. The third-order valence-corrected chi connectivity index (χ3v) is 8.72. The lowest BCUT2D eigenvalue weighted by molar-refractivity contribution is 0.159. The van der Waals surface area contributed by atoms with E-state index in [1.807, 2.05) is 6.92 Å². The number of rotatable bonds is 6.